The fraction of sp³-hybridized carbons (Fsp3) is 0.115. The number of hydrogen-bond acceptors (Lipinski definition) is 5. The number of carbonyl (C=O) groups excluding carboxylic acids is 1. The van der Waals surface area contributed by atoms with Gasteiger partial charge in [0.2, 0.25) is 0 Å². The predicted molar refractivity (Wildman–Crippen MR) is 139 cm³/mol. The molecule has 0 fully saturated rings. The van der Waals surface area contributed by atoms with Crippen molar-refractivity contribution in [2.75, 3.05) is 10.6 Å². The number of nitrogens with zero attached hydrogens (tertiary/aromatic N) is 2. The summed E-state index contributed by atoms with van der Waals surface area (Å²) in [4.78, 5) is 20.4. The molecule has 0 aliphatic heterocycles. The number of amides is 1. The molecule has 1 amide bonds. The monoisotopic (exact) mass is 510 g/mol. The zero-order valence-electron chi connectivity index (χ0n) is 20.0. The third-order valence-electron chi connectivity index (χ3n) is 4.96. The minimum atomic E-state index is -4.76. The maximum atomic E-state index is 12.3. The Labute approximate surface area is 211 Å². The number of halogens is 3. The van der Waals surface area contributed by atoms with E-state index in [0.717, 1.165) is 28.9 Å². The van der Waals surface area contributed by atoms with Gasteiger partial charge in [-0.25, -0.2) is 9.98 Å². The number of aliphatic imine (C=N–C) groups is 2. The second-order valence-corrected chi connectivity index (χ2v) is 7.86. The van der Waals surface area contributed by atoms with E-state index in [-0.39, 0.29) is 23.3 Å². The van der Waals surface area contributed by atoms with E-state index in [1.165, 1.54) is 24.5 Å². The molecular formula is C26H25F3N6O2. The topological polar surface area (TPSA) is 127 Å². The second kappa shape index (κ2) is 11.8. The van der Waals surface area contributed by atoms with Gasteiger partial charge < -0.3 is 26.8 Å². The van der Waals surface area contributed by atoms with Gasteiger partial charge in [-0.3, -0.25) is 4.79 Å². The lowest BCUT2D eigenvalue weighted by Gasteiger charge is -2.11. The fourth-order valence-corrected chi connectivity index (χ4v) is 3.21. The van der Waals surface area contributed by atoms with Crippen LogP contribution in [0.1, 0.15) is 16.7 Å². The molecule has 192 valence electrons. The Hall–Kier alpha value is -4.80. The number of ether oxygens (including phenoxy) is 1. The van der Waals surface area contributed by atoms with Crippen LogP contribution in [0.3, 0.4) is 0 Å². The van der Waals surface area contributed by atoms with Crippen molar-refractivity contribution in [2.24, 2.45) is 21.5 Å². The molecule has 0 radical (unpaired) electrons. The van der Waals surface area contributed by atoms with Crippen LogP contribution in [0.5, 0.6) is 5.75 Å². The molecule has 0 saturated heterocycles. The number of aryl methyl sites for hydroxylation is 2. The maximum absolute atomic E-state index is 12.3. The molecule has 0 heterocycles. The standard InChI is InChI=1S/C26H25F3N6O2/c1-16-4-3-5-17(2)24(16)35-23(36)14-22(30)34-20-8-6-18(7-9-20)25(31)33-15-32-19-10-12-21(13-11-19)37-26(27,28)29/h3-15,34H,30H2,1-2H3,(H,35,36)(H2,31,32,33). The summed E-state index contributed by atoms with van der Waals surface area (Å²) in [5.74, 6) is -0.390. The van der Waals surface area contributed by atoms with Crippen LogP contribution >= 0.6 is 0 Å². The van der Waals surface area contributed by atoms with Gasteiger partial charge in [-0.05, 0) is 73.5 Å². The van der Waals surface area contributed by atoms with Crippen molar-refractivity contribution in [1.82, 2.24) is 0 Å². The first kappa shape index (κ1) is 26.8. The summed E-state index contributed by atoms with van der Waals surface area (Å²) in [6.45, 7) is 3.81. The lowest BCUT2D eigenvalue weighted by Crippen LogP contribution is -2.17. The van der Waals surface area contributed by atoms with Crippen molar-refractivity contribution in [1.29, 1.82) is 0 Å². The number of benzene rings is 3. The average molecular weight is 511 g/mol. The Kier molecular flexibility index (Phi) is 8.51. The second-order valence-electron chi connectivity index (χ2n) is 7.86. The largest absolute Gasteiger partial charge is 0.573 e. The summed E-state index contributed by atoms with van der Waals surface area (Å²) >= 11 is 0. The molecule has 11 heteroatoms. The third-order valence-corrected chi connectivity index (χ3v) is 4.96. The predicted octanol–water partition coefficient (Wildman–Crippen LogP) is 5.12. The number of nitrogens with one attached hydrogen (secondary N) is 2. The number of alkyl halides is 3. The Morgan fingerprint density at radius 1 is 0.919 bits per heavy atom. The van der Waals surface area contributed by atoms with Crippen LogP contribution in [0.2, 0.25) is 0 Å². The first-order chi connectivity index (χ1) is 17.5. The Morgan fingerprint density at radius 2 is 1.54 bits per heavy atom. The summed E-state index contributed by atoms with van der Waals surface area (Å²) in [5.41, 5.74) is 16.2. The van der Waals surface area contributed by atoms with Crippen molar-refractivity contribution in [3.63, 3.8) is 0 Å². The highest BCUT2D eigenvalue weighted by Crippen LogP contribution is 2.25. The van der Waals surface area contributed by atoms with Gasteiger partial charge in [0.1, 0.15) is 23.7 Å². The van der Waals surface area contributed by atoms with Gasteiger partial charge >= 0.3 is 6.36 Å². The van der Waals surface area contributed by atoms with Gasteiger partial charge in [-0.15, -0.1) is 13.2 Å². The normalized spacial score (nSPS) is 12.5. The number of para-hydroxylation sites is 1. The minimum absolute atomic E-state index is 0.150. The molecule has 8 nitrogen and oxygen atoms in total. The minimum Gasteiger partial charge on any atom is -0.406 e. The Balaban J connectivity index is 1.57. The van der Waals surface area contributed by atoms with Crippen molar-refractivity contribution in [2.45, 2.75) is 20.2 Å². The van der Waals surface area contributed by atoms with E-state index < -0.39 is 6.36 Å². The first-order valence-electron chi connectivity index (χ1n) is 10.9. The lowest BCUT2D eigenvalue weighted by molar-refractivity contribution is -0.274. The summed E-state index contributed by atoms with van der Waals surface area (Å²) in [6, 6.07) is 17.5. The zero-order chi connectivity index (χ0) is 27.0. The van der Waals surface area contributed by atoms with E-state index in [9.17, 15) is 18.0 Å². The molecule has 6 N–H and O–H groups in total. The van der Waals surface area contributed by atoms with Gasteiger partial charge in [0, 0.05) is 23.0 Å². The zero-order valence-corrected chi connectivity index (χ0v) is 20.0. The SMILES string of the molecule is Cc1cccc(C)c1NC(=O)C=C(N)Nc1ccc(C(N)=NC=Nc2ccc(OC(F)(F)F)cc2)cc1. The molecule has 0 bridgehead atoms. The molecule has 37 heavy (non-hydrogen) atoms. The number of carbonyl (C=O) groups is 1. The highest BCUT2D eigenvalue weighted by Gasteiger charge is 2.30. The average Bonchev–Trinajstić information content (AvgIpc) is 2.82. The summed E-state index contributed by atoms with van der Waals surface area (Å²) in [5, 5.41) is 5.76. The Morgan fingerprint density at radius 3 is 2.14 bits per heavy atom. The van der Waals surface area contributed by atoms with E-state index in [2.05, 4.69) is 25.4 Å². The summed E-state index contributed by atoms with van der Waals surface area (Å²) < 4.78 is 40.5. The Bertz CT molecular complexity index is 1310. The van der Waals surface area contributed by atoms with Crippen LogP contribution in [0.25, 0.3) is 0 Å². The van der Waals surface area contributed by atoms with Crippen LogP contribution in [0, 0.1) is 13.8 Å². The van der Waals surface area contributed by atoms with Crippen LogP contribution in [0.15, 0.2) is 88.6 Å². The number of amidine groups is 1. The molecule has 0 saturated carbocycles. The highest BCUT2D eigenvalue weighted by molar-refractivity contribution is 6.02. The van der Waals surface area contributed by atoms with Gasteiger partial charge in [-0.1, -0.05) is 18.2 Å². The van der Waals surface area contributed by atoms with Crippen molar-refractivity contribution in [3.8, 4) is 5.75 Å². The van der Waals surface area contributed by atoms with Crippen LogP contribution < -0.4 is 26.8 Å². The van der Waals surface area contributed by atoms with Crippen molar-refractivity contribution >= 4 is 35.1 Å². The molecule has 0 aliphatic rings. The van der Waals surface area contributed by atoms with Crippen molar-refractivity contribution in [3.05, 3.63) is 95.3 Å². The maximum Gasteiger partial charge on any atom is 0.573 e. The summed E-state index contributed by atoms with van der Waals surface area (Å²) in [7, 11) is 0. The number of hydrogen-bond donors (Lipinski definition) is 4. The van der Waals surface area contributed by atoms with Gasteiger partial charge in [-0.2, -0.15) is 0 Å². The fourth-order valence-electron chi connectivity index (χ4n) is 3.21. The van der Waals surface area contributed by atoms with Crippen molar-refractivity contribution < 1.29 is 22.7 Å². The van der Waals surface area contributed by atoms with Gasteiger partial charge in [0.05, 0.1) is 5.69 Å². The molecular weight excluding hydrogens is 485 g/mol. The van der Waals surface area contributed by atoms with Crippen LogP contribution in [-0.2, 0) is 4.79 Å². The lowest BCUT2D eigenvalue weighted by atomic mass is 10.1. The van der Waals surface area contributed by atoms with Gasteiger partial charge in [0.15, 0.2) is 0 Å². The van der Waals surface area contributed by atoms with E-state index in [4.69, 9.17) is 11.5 Å². The van der Waals surface area contributed by atoms with E-state index in [1.54, 1.807) is 24.3 Å². The summed E-state index contributed by atoms with van der Waals surface area (Å²) in [6.07, 6.45) is -2.31. The molecule has 0 atom stereocenters. The molecule has 3 aromatic rings. The molecule has 0 aromatic heterocycles. The van der Waals surface area contributed by atoms with E-state index >= 15 is 0 Å². The van der Waals surface area contributed by atoms with Gasteiger partial charge in [0.25, 0.3) is 5.91 Å². The third kappa shape index (κ3) is 8.42. The van der Waals surface area contributed by atoms with Crippen LogP contribution in [0.4, 0.5) is 30.2 Å². The molecule has 0 spiro atoms. The quantitative estimate of drug-likeness (QED) is 0.190. The number of rotatable bonds is 8. The molecule has 3 aromatic carbocycles. The first-order valence-corrected chi connectivity index (χ1v) is 10.9. The van der Waals surface area contributed by atoms with E-state index in [0.29, 0.717) is 16.9 Å². The number of nitrogens with two attached hydrogens (primary N) is 2. The molecule has 3 rings (SSSR count). The molecule has 0 aliphatic carbocycles. The highest BCUT2D eigenvalue weighted by atomic mass is 19.4. The van der Waals surface area contributed by atoms with E-state index in [1.807, 2.05) is 32.0 Å². The number of anilines is 2. The van der Waals surface area contributed by atoms with Crippen LogP contribution in [-0.4, -0.2) is 24.4 Å². The smallest absolute Gasteiger partial charge is 0.406 e. The molecule has 0 unspecified atom stereocenters.